The molecular formula is C15H16ClN3O2. The average molecular weight is 306 g/mol. The Hall–Kier alpha value is -1.98. The lowest BCUT2D eigenvalue weighted by atomic mass is 10.1. The Morgan fingerprint density at radius 2 is 2.29 bits per heavy atom. The van der Waals surface area contributed by atoms with Crippen LogP contribution in [0.25, 0.3) is 0 Å². The van der Waals surface area contributed by atoms with E-state index in [1.54, 1.807) is 23.9 Å². The molecule has 0 bridgehead atoms. The molecule has 1 aliphatic rings. The Morgan fingerprint density at radius 1 is 1.43 bits per heavy atom. The fourth-order valence-electron chi connectivity index (χ4n) is 2.34. The van der Waals surface area contributed by atoms with Gasteiger partial charge in [0.1, 0.15) is 18.1 Å². The Morgan fingerprint density at radius 3 is 3.05 bits per heavy atom. The molecule has 5 nitrogen and oxygen atoms in total. The number of halogens is 1. The second-order valence-corrected chi connectivity index (χ2v) is 5.39. The van der Waals surface area contributed by atoms with Gasteiger partial charge in [-0.15, -0.1) is 0 Å². The van der Waals surface area contributed by atoms with E-state index in [1.165, 1.54) is 0 Å². The predicted molar refractivity (Wildman–Crippen MR) is 82.0 cm³/mol. The van der Waals surface area contributed by atoms with Gasteiger partial charge in [0.05, 0.1) is 5.02 Å². The summed E-state index contributed by atoms with van der Waals surface area (Å²) in [5.74, 6) is 0.673. The fraction of sp³-hybridized carbons (Fsp3) is 0.267. The van der Waals surface area contributed by atoms with E-state index in [4.69, 9.17) is 16.3 Å². The van der Waals surface area contributed by atoms with Gasteiger partial charge in [0.2, 0.25) is 0 Å². The van der Waals surface area contributed by atoms with Crippen molar-refractivity contribution in [2.24, 2.45) is 7.05 Å². The molecule has 0 atom stereocenters. The van der Waals surface area contributed by atoms with Crippen LogP contribution in [0.1, 0.15) is 16.1 Å². The van der Waals surface area contributed by atoms with Gasteiger partial charge in [0.15, 0.2) is 0 Å². The number of amides is 1. The van der Waals surface area contributed by atoms with Crippen molar-refractivity contribution < 1.29 is 9.53 Å². The number of aromatic nitrogens is 1. The van der Waals surface area contributed by atoms with Crippen molar-refractivity contribution in [1.82, 2.24) is 9.88 Å². The van der Waals surface area contributed by atoms with Crippen molar-refractivity contribution in [2.75, 3.05) is 18.5 Å². The maximum atomic E-state index is 12.2. The van der Waals surface area contributed by atoms with Crippen LogP contribution in [-0.2, 0) is 13.6 Å². The molecule has 0 aliphatic carbocycles. The number of fused-ring (bicyclic) bond motifs is 1. The number of nitrogens with zero attached hydrogens (tertiary/aromatic N) is 1. The first-order valence-electron chi connectivity index (χ1n) is 6.73. The van der Waals surface area contributed by atoms with Gasteiger partial charge in [0, 0.05) is 37.6 Å². The minimum atomic E-state index is -0.188. The van der Waals surface area contributed by atoms with E-state index in [9.17, 15) is 4.79 Å². The number of ether oxygens (including phenoxy) is 1. The summed E-state index contributed by atoms with van der Waals surface area (Å²) in [6, 6.07) is 7.30. The Labute approximate surface area is 127 Å². The zero-order valence-electron chi connectivity index (χ0n) is 11.6. The highest BCUT2D eigenvalue weighted by molar-refractivity contribution is 6.31. The molecule has 0 unspecified atom stereocenters. The van der Waals surface area contributed by atoms with Crippen molar-refractivity contribution in [1.29, 1.82) is 0 Å². The summed E-state index contributed by atoms with van der Waals surface area (Å²) in [5, 5.41) is 6.69. The maximum Gasteiger partial charge on any atom is 0.272 e. The maximum absolute atomic E-state index is 12.2. The molecule has 2 aromatic rings. The largest absolute Gasteiger partial charge is 0.492 e. The molecule has 1 aromatic heterocycles. The van der Waals surface area contributed by atoms with Crippen LogP contribution in [0, 0.1) is 0 Å². The van der Waals surface area contributed by atoms with Crippen molar-refractivity contribution in [3.63, 3.8) is 0 Å². The summed E-state index contributed by atoms with van der Waals surface area (Å²) in [6.45, 7) is 2.20. The lowest BCUT2D eigenvalue weighted by Gasteiger charge is -2.10. The first-order chi connectivity index (χ1) is 10.1. The minimum absolute atomic E-state index is 0.188. The van der Waals surface area contributed by atoms with Crippen LogP contribution in [-0.4, -0.2) is 23.6 Å². The average Bonchev–Trinajstić information content (AvgIpc) is 2.66. The van der Waals surface area contributed by atoms with Gasteiger partial charge in [-0.2, -0.15) is 0 Å². The van der Waals surface area contributed by atoms with Gasteiger partial charge in [-0.05, 0) is 24.3 Å². The van der Waals surface area contributed by atoms with E-state index >= 15 is 0 Å². The highest BCUT2D eigenvalue weighted by atomic mass is 35.5. The SMILES string of the molecule is Cn1cc(Cl)cc1C(=O)Nc1ccc2c(c1)CNCCO2. The third-order valence-electron chi connectivity index (χ3n) is 3.37. The van der Waals surface area contributed by atoms with Gasteiger partial charge in [-0.25, -0.2) is 0 Å². The van der Waals surface area contributed by atoms with E-state index < -0.39 is 0 Å². The first kappa shape index (κ1) is 14.0. The van der Waals surface area contributed by atoms with Gasteiger partial charge < -0.3 is 19.9 Å². The van der Waals surface area contributed by atoms with Crippen molar-refractivity contribution >= 4 is 23.2 Å². The van der Waals surface area contributed by atoms with Crippen molar-refractivity contribution in [3.8, 4) is 5.75 Å². The molecule has 1 aliphatic heterocycles. The van der Waals surface area contributed by atoms with Crippen LogP contribution in [0.15, 0.2) is 30.5 Å². The number of carbonyl (C=O) groups is 1. The summed E-state index contributed by atoms with van der Waals surface area (Å²) in [4.78, 5) is 12.2. The molecule has 1 amide bonds. The number of hydrogen-bond donors (Lipinski definition) is 2. The Balaban J connectivity index is 1.80. The van der Waals surface area contributed by atoms with Crippen LogP contribution in [0.5, 0.6) is 5.75 Å². The van der Waals surface area contributed by atoms with E-state index in [-0.39, 0.29) is 5.91 Å². The number of aryl methyl sites for hydroxylation is 1. The summed E-state index contributed by atoms with van der Waals surface area (Å²) >= 11 is 5.90. The highest BCUT2D eigenvalue weighted by Crippen LogP contribution is 2.24. The molecule has 2 heterocycles. The minimum Gasteiger partial charge on any atom is -0.492 e. The fourth-order valence-corrected chi connectivity index (χ4v) is 2.59. The van der Waals surface area contributed by atoms with Crippen LogP contribution in [0.2, 0.25) is 5.02 Å². The summed E-state index contributed by atoms with van der Waals surface area (Å²) in [7, 11) is 1.79. The van der Waals surface area contributed by atoms with Gasteiger partial charge in [-0.1, -0.05) is 11.6 Å². The van der Waals surface area contributed by atoms with Crippen LogP contribution < -0.4 is 15.4 Å². The molecule has 21 heavy (non-hydrogen) atoms. The Bertz CT molecular complexity index is 682. The number of rotatable bonds is 2. The van der Waals surface area contributed by atoms with E-state index in [0.717, 1.165) is 30.1 Å². The molecule has 0 fully saturated rings. The molecule has 2 N–H and O–H groups in total. The van der Waals surface area contributed by atoms with E-state index in [1.807, 2.05) is 18.2 Å². The normalized spacial score (nSPS) is 14.0. The first-order valence-corrected chi connectivity index (χ1v) is 7.11. The number of hydrogen-bond acceptors (Lipinski definition) is 3. The van der Waals surface area contributed by atoms with Crippen LogP contribution in [0.3, 0.4) is 0 Å². The summed E-state index contributed by atoms with van der Waals surface area (Å²) < 4.78 is 7.32. The molecule has 0 radical (unpaired) electrons. The molecular weight excluding hydrogens is 290 g/mol. The molecule has 0 saturated heterocycles. The molecule has 110 valence electrons. The zero-order chi connectivity index (χ0) is 14.8. The second kappa shape index (κ2) is 5.79. The molecule has 0 spiro atoms. The summed E-state index contributed by atoms with van der Waals surface area (Å²) in [6.07, 6.45) is 1.70. The number of anilines is 1. The van der Waals surface area contributed by atoms with Crippen LogP contribution in [0.4, 0.5) is 5.69 Å². The lowest BCUT2D eigenvalue weighted by molar-refractivity contribution is 0.101. The smallest absolute Gasteiger partial charge is 0.272 e. The van der Waals surface area contributed by atoms with Gasteiger partial charge in [-0.3, -0.25) is 4.79 Å². The Kier molecular flexibility index (Phi) is 3.86. The number of carbonyl (C=O) groups excluding carboxylic acids is 1. The third kappa shape index (κ3) is 3.04. The monoisotopic (exact) mass is 305 g/mol. The second-order valence-electron chi connectivity index (χ2n) is 4.96. The molecule has 3 rings (SSSR count). The quantitative estimate of drug-likeness (QED) is 0.896. The standard InChI is InChI=1S/C15H16ClN3O2/c1-19-9-11(16)7-13(19)15(20)18-12-2-3-14-10(6-12)8-17-4-5-21-14/h2-3,6-7,9,17H,4-5,8H2,1H3,(H,18,20). The van der Waals surface area contributed by atoms with Crippen LogP contribution >= 0.6 is 11.6 Å². The zero-order valence-corrected chi connectivity index (χ0v) is 12.4. The molecule has 6 heteroatoms. The van der Waals surface area contributed by atoms with E-state index in [2.05, 4.69) is 10.6 Å². The van der Waals surface area contributed by atoms with Crippen molar-refractivity contribution in [2.45, 2.75) is 6.54 Å². The highest BCUT2D eigenvalue weighted by Gasteiger charge is 2.13. The molecule has 0 saturated carbocycles. The van der Waals surface area contributed by atoms with E-state index in [0.29, 0.717) is 17.3 Å². The summed E-state index contributed by atoms with van der Waals surface area (Å²) in [5.41, 5.74) is 2.29. The van der Waals surface area contributed by atoms with Gasteiger partial charge >= 0.3 is 0 Å². The number of benzene rings is 1. The predicted octanol–water partition coefficient (Wildman–Crippen LogP) is 2.41. The lowest BCUT2D eigenvalue weighted by Crippen LogP contribution is -2.16. The number of nitrogens with one attached hydrogen (secondary N) is 2. The molecule has 1 aromatic carbocycles. The third-order valence-corrected chi connectivity index (χ3v) is 3.58. The van der Waals surface area contributed by atoms with Gasteiger partial charge in [0.25, 0.3) is 5.91 Å². The van der Waals surface area contributed by atoms with Crippen molar-refractivity contribution in [3.05, 3.63) is 46.7 Å². The topological polar surface area (TPSA) is 55.3 Å².